The molecule has 1 saturated heterocycles. The second-order valence-electron chi connectivity index (χ2n) is 7.33. The Balaban J connectivity index is 1.64. The van der Waals surface area contributed by atoms with Gasteiger partial charge in [-0.15, -0.1) is 0 Å². The number of cyclic esters (lactones) is 1. The first-order valence-corrected chi connectivity index (χ1v) is 9.43. The molecule has 1 atom stereocenters. The number of carbonyl (C=O) groups excluding carboxylic acids is 3. The van der Waals surface area contributed by atoms with Crippen LogP contribution in [0.3, 0.4) is 0 Å². The van der Waals surface area contributed by atoms with E-state index in [1.807, 2.05) is 0 Å². The summed E-state index contributed by atoms with van der Waals surface area (Å²) in [5, 5.41) is 2.61. The van der Waals surface area contributed by atoms with E-state index < -0.39 is 11.6 Å². The molecule has 142 valence electrons. The Morgan fingerprint density at radius 2 is 2.11 bits per heavy atom. The molecular weight excluding hydrogens is 344 g/mol. The van der Waals surface area contributed by atoms with Gasteiger partial charge in [-0.1, -0.05) is 24.7 Å². The van der Waals surface area contributed by atoms with Crippen LogP contribution in [0.4, 0.5) is 5.82 Å². The fourth-order valence-electron chi connectivity index (χ4n) is 4.04. The molecule has 1 aromatic heterocycles. The summed E-state index contributed by atoms with van der Waals surface area (Å²) in [5.41, 5.74) is 0.0706. The standard InChI is InChI=1S/C21H24N2O4/c1-15(24)23-19-10-9-16(14-22-19)6-4-5-11-21(17-7-2-3-8-17)13-18(25)12-20(26)27-21/h9-10,14,17H,2-3,5,7-8,11-13H2,1H3,(H,22,23,24). The van der Waals surface area contributed by atoms with Crippen LogP contribution < -0.4 is 5.32 Å². The normalized spacial score (nSPS) is 22.7. The monoisotopic (exact) mass is 368 g/mol. The van der Waals surface area contributed by atoms with Crippen LogP contribution in [0.15, 0.2) is 18.3 Å². The molecule has 1 aliphatic carbocycles. The van der Waals surface area contributed by atoms with E-state index in [0.717, 1.165) is 31.2 Å². The van der Waals surface area contributed by atoms with E-state index >= 15 is 0 Å². The molecule has 2 heterocycles. The third-order valence-electron chi connectivity index (χ3n) is 5.23. The van der Waals surface area contributed by atoms with Crippen molar-refractivity contribution in [1.29, 1.82) is 0 Å². The fraction of sp³-hybridized carbons (Fsp3) is 0.524. The van der Waals surface area contributed by atoms with Crippen molar-refractivity contribution in [2.45, 2.75) is 63.9 Å². The van der Waals surface area contributed by atoms with Crippen molar-refractivity contribution < 1.29 is 19.1 Å². The maximum absolute atomic E-state index is 12.0. The third kappa shape index (κ3) is 4.94. The van der Waals surface area contributed by atoms with Gasteiger partial charge >= 0.3 is 5.97 Å². The van der Waals surface area contributed by atoms with Crippen molar-refractivity contribution in [2.24, 2.45) is 5.92 Å². The van der Waals surface area contributed by atoms with E-state index in [2.05, 4.69) is 22.1 Å². The van der Waals surface area contributed by atoms with Gasteiger partial charge in [0, 0.05) is 31.5 Å². The van der Waals surface area contributed by atoms with Crippen LogP contribution in [0, 0.1) is 17.8 Å². The number of pyridine rings is 1. The summed E-state index contributed by atoms with van der Waals surface area (Å²) in [6.07, 6.45) is 7.20. The predicted octanol–water partition coefficient (Wildman–Crippen LogP) is 3.01. The molecule has 2 aliphatic rings. The minimum atomic E-state index is -0.675. The molecule has 6 heteroatoms. The number of hydrogen-bond donors (Lipinski definition) is 1. The van der Waals surface area contributed by atoms with Gasteiger partial charge < -0.3 is 10.1 Å². The Bertz CT molecular complexity index is 767. The van der Waals surface area contributed by atoms with Crippen LogP contribution in [0.5, 0.6) is 0 Å². The first kappa shape index (κ1) is 19.1. The second-order valence-corrected chi connectivity index (χ2v) is 7.33. The lowest BCUT2D eigenvalue weighted by atomic mass is 9.76. The lowest BCUT2D eigenvalue weighted by Gasteiger charge is -2.40. The van der Waals surface area contributed by atoms with E-state index in [4.69, 9.17) is 4.74 Å². The zero-order valence-electron chi connectivity index (χ0n) is 15.5. The lowest BCUT2D eigenvalue weighted by molar-refractivity contribution is -0.178. The second kappa shape index (κ2) is 8.34. The van der Waals surface area contributed by atoms with E-state index in [1.54, 1.807) is 18.3 Å². The molecular formula is C21H24N2O4. The molecule has 1 saturated carbocycles. The summed E-state index contributed by atoms with van der Waals surface area (Å²) >= 11 is 0. The number of nitrogens with zero attached hydrogens (tertiary/aromatic N) is 1. The Morgan fingerprint density at radius 3 is 2.74 bits per heavy atom. The van der Waals surface area contributed by atoms with Crippen LogP contribution in [0.2, 0.25) is 0 Å². The number of carbonyl (C=O) groups is 3. The highest BCUT2D eigenvalue weighted by atomic mass is 16.6. The number of aromatic nitrogens is 1. The van der Waals surface area contributed by atoms with Gasteiger partial charge in [0.15, 0.2) is 0 Å². The molecule has 27 heavy (non-hydrogen) atoms. The van der Waals surface area contributed by atoms with Gasteiger partial charge in [0.2, 0.25) is 5.91 Å². The number of anilines is 1. The summed E-state index contributed by atoms with van der Waals surface area (Å²) in [6, 6.07) is 3.50. The van der Waals surface area contributed by atoms with E-state index in [0.29, 0.717) is 25.1 Å². The number of ketones is 1. The summed E-state index contributed by atoms with van der Waals surface area (Å²) in [6.45, 7) is 1.43. The van der Waals surface area contributed by atoms with Gasteiger partial charge in [0.05, 0.1) is 0 Å². The Hall–Kier alpha value is -2.68. The molecule has 0 radical (unpaired) electrons. The maximum Gasteiger partial charge on any atom is 0.313 e. The Morgan fingerprint density at radius 1 is 1.33 bits per heavy atom. The van der Waals surface area contributed by atoms with Gasteiger partial charge in [-0.05, 0) is 37.3 Å². The van der Waals surface area contributed by atoms with Crippen LogP contribution in [0.25, 0.3) is 0 Å². The van der Waals surface area contributed by atoms with Crippen LogP contribution in [-0.2, 0) is 19.1 Å². The highest BCUT2D eigenvalue weighted by molar-refractivity contribution is 5.98. The molecule has 1 amide bonds. The van der Waals surface area contributed by atoms with E-state index in [1.165, 1.54) is 6.92 Å². The molecule has 0 bridgehead atoms. The Labute approximate surface area is 159 Å². The van der Waals surface area contributed by atoms with Crippen LogP contribution in [-0.4, -0.2) is 28.2 Å². The molecule has 1 aromatic rings. The van der Waals surface area contributed by atoms with E-state index in [9.17, 15) is 14.4 Å². The zero-order chi connectivity index (χ0) is 19.3. The van der Waals surface area contributed by atoms with E-state index in [-0.39, 0.29) is 24.0 Å². The van der Waals surface area contributed by atoms with Gasteiger partial charge in [0.1, 0.15) is 23.6 Å². The number of hydrogen-bond acceptors (Lipinski definition) is 5. The number of Topliss-reactive ketones (excluding diaryl/α,β-unsaturated/α-hetero) is 1. The van der Waals surface area contributed by atoms with Crippen molar-refractivity contribution in [1.82, 2.24) is 4.98 Å². The first-order valence-electron chi connectivity index (χ1n) is 9.43. The molecule has 0 spiro atoms. The van der Waals surface area contributed by atoms with Crippen LogP contribution in [0.1, 0.15) is 63.9 Å². The van der Waals surface area contributed by atoms with Crippen molar-refractivity contribution in [2.75, 3.05) is 5.32 Å². The third-order valence-corrected chi connectivity index (χ3v) is 5.23. The SMILES string of the molecule is CC(=O)Nc1ccc(C#CCCC2(C3CCCC3)CC(=O)CC(=O)O2)cn1. The molecule has 2 fully saturated rings. The Kier molecular flexibility index (Phi) is 5.90. The zero-order valence-corrected chi connectivity index (χ0v) is 15.5. The first-order chi connectivity index (χ1) is 13.0. The molecule has 1 aliphatic heterocycles. The number of rotatable bonds is 4. The van der Waals surface area contributed by atoms with Gasteiger partial charge in [-0.3, -0.25) is 14.4 Å². The number of ether oxygens (including phenoxy) is 1. The fourth-order valence-corrected chi connectivity index (χ4v) is 4.04. The highest BCUT2D eigenvalue weighted by Gasteiger charge is 2.47. The quantitative estimate of drug-likeness (QED) is 0.502. The lowest BCUT2D eigenvalue weighted by Crippen LogP contribution is -2.47. The topological polar surface area (TPSA) is 85.4 Å². The molecule has 0 aromatic carbocycles. The van der Waals surface area contributed by atoms with Gasteiger partial charge in [-0.25, -0.2) is 4.98 Å². The highest BCUT2D eigenvalue weighted by Crippen LogP contribution is 2.43. The average molecular weight is 368 g/mol. The van der Waals surface area contributed by atoms with Crippen molar-refractivity contribution in [3.05, 3.63) is 23.9 Å². The molecule has 6 nitrogen and oxygen atoms in total. The van der Waals surface area contributed by atoms with Crippen molar-refractivity contribution in [3.8, 4) is 11.8 Å². The smallest absolute Gasteiger partial charge is 0.313 e. The maximum atomic E-state index is 12.0. The number of esters is 1. The molecule has 1 unspecified atom stereocenters. The van der Waals surface area contributed by atoms with Crippen LogP contribution >= 0.6 is 0 Å². The summed E-state index contributed by atoms with van der Waals surface area (Å²) < 4.78 is 5.75. The molecule has 3 rings (SSSR count). The predicted molar refractivity (Wildman–Crippen MR) is 99.7 cm³/mol. The summed E-state index contributed by atoms with van der Waals surface area (Å²) in [4.78, 5) is 39.1. The van der Waals surface area contributed by atoms with Crippen molar-refractivity contribution in [3.63, 3.8) is 0 Å². The van der Waals surface area contributed by atoms with Gasteiger partial charge in [0.25, 0.3) is 0 Å². The minimum absolute atomic E-state index is 0.0242. The largest absolute Gasteiger partial charge is 0.458 e. The number of amides is 1. The molecule has 1 N–H and O–H groups in total. The summed E-state index contributed by atoms with van der Waals surface area (Å²) in [7, 11) is 0. The number of nitrogens with one attached hydrogen (secondary N) is 1. The average Bonchev–Trinajstić information content (AvgIpc) is 3.14. The minimum Gasteiger partial charge on any atom is -0.458 e. The summed E-state index contributed by atoms with van der Waals surface area (Å²) in [5.74, 6) is 6.30. The van der Waals surface area contributed by atoms with Gasteiger partial charge in [-0.2, -0.15) is 0 Å². The van der Waals surface area contributed by atoms with Crippen molar-refractivity contribution >= 4 is 23.5 Å².